The maximum absolute atomic E-state index is 12.4. The van der Waals surface area contributed by atoms with Gasteiger partial charge >= 0.3 is 6.36 Å². The predicted molar refractivity (Wildman–Crippen MR) is 93.5 cm³/mol. The van der Waals surface area contributed by atoms with Crippen LogP contribution in [-0.4, -0.2) is 22.2 Å². The highest BCUT2D eigenvalue weighted by Gasteiger charge is 2.31. The van der Waals surface area contributed by atoms with Crippen LogP contribution in [0.1, 0.15) is 11.3 Å². The first-order chi connectivity index (χ1) is 12.9. The Hall–Kier alpha value is -3.42. The first kappa shape index (κ1) is 18.4. The zero-order valence-corrected chi connectivity index (χ0v) is 13.9. The fraction of sp³-hybridized carbons (Fsp3) is 0.105. The number of rotatable bonds is 5. The molecule has 1 aromatic heterocycles. The second-order valence-corrected chi connectivity index (χ2v) is 5.49. The van der Waals surface area contributed by atoms with Crippen molar-refractivity contribution in [2.45, 2.75) is 12.9 Å². The van der Waals surface area contributed by atoms with E-state index in [1.807, 2.05) is 18.2 Å². The minimum atomic E-state index is -4.80. The van der Waals surface area contributed by atoms with Gasteiger partial charge < -0.3 is 10.1 Å². The van der Waals surface area contributed by atoms with Gasteiger partial charge in [-0.25, -0.2) is 4.98 Å². The maximum atomic E-state index is 12.4. The minimum absolute atomic E-state index is 0.112. The second-order valence-electron chi connectivity index (χ2n) is 5.49. The fourth-order valence-electron chi connectivity index (χ4n) is 2.33. The molecule has 0 fully saturated rings. The first-order valence-corrected chi connectivity index (χ1v) is 7.92. The van der Waals surface area contributed by atoms with E-state index < -0.39 is 12.3 Å². The molecule has 0 atom stereocenters. The topological polar surface area (TPSA) is 64.1 Å². The van der Waals surface area contributed by atoms with E-state index in [0.29, 0.717) is 11.2 Å². The molecule has 0 saturated carbocycles. The van der Waals surface area contributed by atoms with Crippen LogP contribution in [0.15, 0.2) is 60.8 Å². The smallest absolute Gasteiger partial charge is 0.405 e. The van der Waals surface area contributed by atoms with E-state index in [1.165, 1.54) is 36.5 Å². The van der Waals surface area contributed by atoms with Crippen molar-refractivity contribution in [3.05, 3.63) is 72.1 Å². The quantitative estimate of drug-likeness (QED) is 0.690. The van der Waals surface area contributed by atoms with Gasteiger partial charge in [-0.3, -0.25) is 9.78 Å². The number of hydrogen-bond acceptors (Lipinski definition) is 4. The number of alkyl halides is 3. The lowest BCUT2D eigenvalue weighted by atomic mass is 10.2. The molecule has 0 unspecified atom stereocenters. The van der Waals surface area contributed by atoms with Crippen LogP contribution in [0.5, 0.6) is 5.75 Å². The second kappa shape index (κ2) is 7.86. The molecule has 3 aromatic rings. The van der Waals surface area contributed by atoms with Gasteiger partial charge in [0.15, 0.2) is 0 Å². The molecule has 0 spiro atoms. The van der Waals surface area contributed by atoms with Gasteiger partial charge in [-0.05, 0) is 24.3 Å². The van der Waals surface area contributed by atoms with E-state index in [-0.39, 0.29) is 17.9 Å². The average molecular weight is 373 g/mol. The van der Waals surface area contributed by atoms with E-state index in [2.05, 4.69) is 20.0 Å². The number of nitrogens with one attached hydrogen (secondary N) is 1. The molecule has 0 radical (unpaired) electrons. The van der Waals surface area contributed by atoms with Gasteiger partial charge in [-0.15, -0.1) is 13.2 Å². The SMILES string of the molecule is O=C(/C=C/c1cnc2ccccc2n1)NCc1ccccc1OC(F)(F)F. The number of para-hydroxylation sites is 3. The molecule has 0 bridgehead atoms. The molecule has 0 saturated heterocycles. The summed E-state index contributed by atoms with van der Waals surface area (Å²) in [6, 6.07) is 12.9. The first-order valence-electron chi connectivity index (χ1n) is 7.92. The molecular weight excluding hydrogens is 359 g/mol. The molecule has 0 aliphatic carbocycles. The number of nitrogens with zero attached hydrogens (tertiary/aromatic N) is 2. The fourth-order valence-corrected chi connectivity index (χ4v) is 2.33. The molecule has 2 aromatic carbocycles. The number of amides is 1. The Morgan fingerprint density at radius 1 is 1.07 bits per heavy atom. The number of carbonyl (C=O) groups is 1. The van der Waals surface area contributed by atoms with Gasteiger partial charge in [0.1, 0.15) is 5.75 Å². The van der Waals surface area contributed by atoms with Crippen LogP contribution >= 0.6 is 0 Å². The maximum Gasteiger partial charge on any atom is 0.573 e. The molecule has 3 rings (SSSR count). The lowest BCUT2D eigenvalue weighted by Gasteiger charge is -2.13. The third-order valence-corrected chi connectivity index (χ3v) is 3.52. The van der Waals surface area contributed by atoms with Crippen molar-refractivity contribution in [3.8, 4) is 5.75 Å². The summed E-state index contributed by atoms with van der Waals surface area (Å²) in [7, 11) is 0. The highest BCUT2D eigenvalue weighted by atomic mass is 19.4. The highest BCUT2D eigenvalue weighted by Crippen LogP contribution is 2.26. The Morgan fingerprint density at radius 2 is 1.78 bits per heavy atom. The molecule has 0 aliphatic heterocycles. The van der Waals surface area contributed by atoms with Crippen molar-refractivity contribution in [3.63, 3.8) is 0 Å². The van der Waals surface area contributed by atoms with Gasteiger partial charge in [0.2, 0.25) is 5.91 Å². The summed E-state index contributed by atoms with van der Waals surface area (Å²) in [6.07, 6.45) is -0.549. The minimum Gasteiger partial charge on any atom is -0.405 e. The van der Waals surface area contributed by atoms with Crippen LogP contribution in [0.3, 0.4) is 0 Å². The molecule has 27 heavy (non-hydrogen) atoms. The van der Waals surface area contributed by atoms with Crippen LogP contribution in [0.4, 0.5) is 13.2 Å². The summed E-state index contributed by atoms with van der Waals surface area (Å²) in [5.41, 5.74) is 2.13. The summed E-state index contributed by atoms with van der Waals surface area (Å²) in [5, 5.41) is 2.51. The number of ether oxygens (including phenoxy) is 1. The van der Waals surface area contributed by atoms with Crippen molar-refractivity contribution < 1.29 is 22.7 Å². The zero-order valence-electron chi connectivity index (χ0n) is 13.9. The van der Waals surface area contributed by atoms with Crippen molar-refractivity contribution in [1.29, 1.82) is 0 Å². The lowest BCUT2D eigenvalue weighted by molar-refractivity contribution is -0.274. The zero-order chi connectivity index (χ0) is 19.3. The lowest BCUT2D eigenvalue weighted by Crippen LogP contribution is -2.22. The number of carbonyl (C=O) groups excluding carboxylic acids is 1. The molecule has 0 aliphatic rings. The largest absolute Gasteiger partial charge is 0.573 e. The summed E-state index contributed by atoms with van der Waals surface area (Å²) in [4.78, 5) is 20.5. The number of benzene rings is 2. The van der Waals surface area contributed by atoms with Crippen molar-refractivity contribution in [2.24, 2.45) is 0 Å². The van der Waals surface area contributed by atoms with Crippen molar-refractivity contribution >= 4 is 23.0 Å². The monoisotopic (exact) mass is 373 g/mol. The number of fused-ring (bicyclic) bond motifs is 1. The van der Waals surface area contributed by atoms with Gasteiger partial charge in [0.25, 0.3) is 0 Å². The predicted octanol–water partition coefficient (Wildman–Crippen LogP) is 3.86. The normalized spacial score (nSPS) is 11.7. The summed E-state index contributed by atoms with van der Waals surface area (Å²) in [5.74, 6) is -0.832. The number of aromatic nitrogens is 2. The van der Waals surface area contributed by atoms with Gasteiger partial charge in [-0.1, -0.05) is 30.3 Å². The van der Waals surface area contributed by atoms with Crippen LogP contribution < -0.4 is 10.1 Å². The van der Waals surface area contributed by atoms with Crippen LogP contribution in [-0.2, 0) is 11.3 Å². The standard InChI is InChI=1S/C19H14F3N3O2/c20-19(21,22)27-17-8-4-1-5-13(17)11-24-18(26)10-9-14-12-23-15-6-2-3-7-16(15)25-14/h1-10,12H,11H2,(H,24,26)/b10-9+. The molecule has 1 N–H and O–H groups in total. The summed E-state index contributed by atoms with van der Waals surface area (Å²) >= 11 is 0. The summed E-state index contributed by atoms with van der Waals surface area (Å²) < 4.78 is 41.2. The summed E-state index contributed by atoms with van der Waals surface area (Å²) in [6.45, 7) is -0.112. The van der Waals surface area contributed by atoms with Crippen LogP contribution in [0.2, 0.25) is 0 Å². The van der Waals surface area contributed by atoms with E-state index in [4.69, 9.17) is 0 Å². The third-order valence-electron chi connectivity index (χ3n) is 3.52. The molecule has 138 valence electrons. The number of halogens is 3. The Balaban J connectivity index is 1.63. The Kier molecular flexibility index (Phi) is 5.35. The van der Waals surface area contributed by atoms with Crippen molar-refractivity contribution in [2.75, 3.05) is 0 Å². The van der Waals surface area contributed by atoms with E-state index >= 15 is 0 Å². The number of hydrogen-bond donors (Lipinski definition) is 1. The molecule has 8 heteroatoms. The Bertz CT molecular complexity index is 987. The average Bonchev–Trinajstić information content (AvgIpc) is 2.64. The van der Waals surface area contributed by atoms with Gasteiger partial charge in [-0.2, -0.15) is 0 Å². The third kappa shape index (κ3) is 5.27. The van der Waals surface area contributed by atoms with Crippen LogP contribution in [0, 0.1) is 0 Å². The highest BCUT2D eigenvalue weighted by molar-refractivity contribution is 5.91. The van der Waals surface area contributed by atoms with Gasteiger partial charge in [0.05, 0.1) is 22.9 Å². The van der Waals surface area contributed by atoms with Crippen LogP contribution in [0.25, 0.3) is 17.1 Å². The van der Waals surface area contributed by atoms with Gasteiger partial charge in [0, 0.05) is 18.2 Å². The van der Waals surface area contributed by atoms with Crippen molar-refractivity contribution in [1.82, 2.24) is 15.3 Å². The van der Waals surface area contributed by atoms with E-state index in [9.17, 15) is 18.0 Å². The Morgan fingerprint density at radius 3 is 2.56 bits per heavy atom. The molecule has 5 nitrogen and oxygen atoms in total. The molecular formula is C19H14F3N3O2. The van der Waals surface area contributed by atoms with E-state index in [0.717, 1.165) is 5.52 Å². The molecule has 1 heterocycles. The Labute approximate surface area is 152 Å². The van der Waals surface area contributed by atoms with E-state index in [1.54, 1.807) is 12.1 Å². The molecule has 1 amide bonds.